The average molecular weight is 954 g/mol. The van der Waals surface area contributed by atoms with Gasteiger partial charge in [-0.15, -0.1) is 0 Å². The second-order valence-corrected chi connectivity index (χ2v) is 19.7. The molecule has 0 amide bonds. The third-order valence-electron chi connectivity index (χ3n) is 13.9. The lowest BCUT2D eigenvalue weighted by molar-refractivity contribution is 0.667. The van der Waals surface area contributed by atoms with Gasteiger partial charge in [-0.25, -0.2) is 29.9 Å². The Balaban J connectivity index is 1.05. The van der Waals surface area contributed by atoms with Crippen LogP contribution in [0, 0.1) is 0 Å². The van der Waals surface area contributed by atoms with Gasteiger partial charge in [-0.05, 0) is 85.8 Å². The van der Waals surface area contributed by atoms with Crippen molar-refractivity contribution in [3.8, 4) is 79.6 Å². The lowest BCUT2D eigenvalue weighted by Crippen LogP contribution is -2.01. The van der Waals surface area contributed by atoms with Crippen LogP contribution >= 0.6 is 0 Å². The second-order valence-electron chi connectivity index (χ2n) is 19.7. The van der Waals surface area contributed by atoms with E-state index < -0.39 is 0 Å². The van der Waals surface area contributed by atoms with E-state index in [1.54, 1.807) is 0 Å². The summed E-state index contributed by atoms with van der Waals surface area (Å²) < 4.78 is 0. The molecule has 7 nitrogen and oxygen atoms in total. The molecule has 0 N–H and O–H groups in total. The van der Waals surface area contributed by atoms with Crippen molar-refractivity contribution < 1.29 is 0 Å². The molecule has 3 heterocycles. The Labute approximate surface area is 430 Å². The third kappa shape index (κ3) is 14.7. The maximum atomic E-state index is 5.08. The minimum absolute atomic E-state index is 0.598. The number of benzene rings is 5. The fraction of sp³-hybridized carbons (Fsp3) is 0.369. The standard InChI is InChI=1S/C65H75N7/c1-5-9-13-17-21-48-25-33-53(34-26-48)60-67-61(54-35-27-49(28-36-54)22-18-14-10-6-2)69-64(68-60)57-43-41-52(42-44-57)59-46-45-58(47-66-59)65-71-62(55-37-29-50(30-38-55)23-19-15-11-7-3)70-63(72-65)56-39-31-51(32-40-56)24-20-16-12-8-4/h25-47H,5-24H2,1-4H3. The van der Waals surface area contributed by atoms with Gasteiger partial charge in [0.05, 0.1) is 5.69 Å². The first-order valence-electron chi connectivity index (χ1n) is 27.5. The lowest BCUT2D eigenvalue weighted by atomic mass is 10.0. The molecule has 3 aromatic heterocycles. The first-order valence-corrected chi connectivity index (χ1v) is 27.5. The summed E-state index contributed by atoms with van der Waals surface area (Å²) in [7, 11) is 0. The predicted octanol–water partition coefficient (Wildman–Crippen LogP) is 17.6. The first-order chi connectivity index (χ1) is 35.5. The van der Waals surface area contributed by atoms with Crippen LogP contribution in [0.1, 0.15) is 153 Å². The van der Waals surface area contributed by atoms with Gasteiger partial charge in [0.1, 0.15) is 0 Å². The zero-order valence-corrected chi connectivity index (χ0v) is 43.6. The molecule has 72 heavy (non-hydrogen) atoms. The van der Waals surface area contributed by atoms with Crippen molar-refractivity contribution in [2.75, 3.05) is 0 Å². The van der Waals surface area contributed by atoms with Crippen LogP contribution < -0.4 is 0 Å². The number of aromatic nitrogens is 7. The molecule has 0 unspecified atom stereocenters. The second kappa shape index (κ2) is 27.2. The molecule has 0 radical (unpaired) electrons. The first kappa shape index (κ1) is 51.6. The zero-order valence-electron chi connectivity index (χ0n) is 43.6. The monoisotopic (exact) mass is 954 g/mol. The summed E-state index contributed by atoms with van der Waals surface area (Å²) in [6, 6.07) is 47.6. The summed E-state index contributed by atoms with van der Waals surface area (Å²) in [5, 5.41) is 0. The van der Waals surface area contributed by atoms with Crippen molar-refractivity contribution in [2.45, 2.75) is 156 Å². The fourth-order valence-electron chi connectivity index (χ4n) is 9.32. The summed E-state index contributed by atoms with van der Waals surface area (Å²) in [6.07, 6.45) is 26.2. The summed E-state index contributed by atoms with van der Waals surface area (Å²) in [5.74, 6) is 3.90. The van der Waals surface area contributed by atoms with Crippen molar-refractivity contribution >= 4 is 0 Å². The SMILES string of the molecule is CCCCCCc1ccc(-c2nc(-c3ccc(CCCCCC)cc3)nc(-c3ccc(-c4ccc(-c5nc(-c6ccc(CCCCCC)cc6)nc(-c6ccc(CCCCCC)cc6)n5)cn4)cc3)n2)cc1. The Morgan fingerprint density at radius 2 is 0.472 bits per heavy atom. The van der Waals surface area contributed by atoms with Crippen LogP contribution in [0.25, 0.3) is 79.6 Å². The van der Waals surface area contributed by atoms with Crippen LogP contribution in [0.15, 0.2) is 140 Å². The summed E-state index contributed by atoms with van der Waals surface area (Å²) in [6.45, 7) is 9.03. The molecule has 0 saturated carbocycles. The van der Waals surface area contributed by atoms with Crippen LogP contribution in [-0.2, 0) is 25.7 Å². The molecule has 8 aromatic rings. The van der Waals surface area contributed by atoms with Crippen molar-refractivity contribution in [2.24, 2.45) is 0 Å². The molecule has 0 spiro atoms. The maximum absolute atomic E-state index is 5.08. The highest BCUT2D eigenvalue weighted by Crippen LogP contribution is 2.30. The fourth-order valence-corrected chi connectivity index (χ4v) is 9.32. The number of rotatable bonds is 27. The largest absolute Gasteiger partial charge is 0.255 e. The zero-order chi connectivity index (χ0) is 49.7. The Morgan fingerprint density at radius 1 is 0.236 bits per heavy atom. The molecule has 0 fully saturated rings. The van der Waals surface area contributed by atoms with E-state index in [9.17, 15) is 0 Å². The molecule has 0 aliphatic carbocycles. The van der Waals surface area contributed by atoms with Gasteiger partial charge in [-0.3, -0.25) is 4.98 Å². The molecule has 370 valence electrons. The highest BCUT2D eigenvalue weighted by Gasteiger charge is 2.16. The predicted molar refractivity (Wildman–Crippen MR) is 300 cm³/mol. The summed E-state index contributed by atoms with van der Waals surface area (Å²) in [4.78, 5) is 35.4. The number of aryl methyl sites for hydroxylation is 4. The van der Waals surface area contributed by atoms with E-state index in [1.165, 1.54) is 125 Å². The molecule has 5 aromatic carbocycles. The van der Waals surface area contributed by atoms with Crippen LogP contribution in [0.5, 0.6) is 0 Å². The van der Waals surface area contributed by atoms with E-state index in [2.05, 4.69) is 155 Å². The van der Waals surface area contributed by atoms with Crippen molar-refractivity contribution in [3.63, 3.8) is 0 Å². The molecule has 0 saturated heterocycles. The van der Waals surface area contributed by atoms with Crippen LogP contribution in [0.3, 0.4) is 0 Å². The summed E-state index contributed by atoms with van der Waals surface area (Å²) >= 11 is 0. The molecular formula is C65H75N7. The topological polar surface area (TPSA) is 90.2 Å². The van der Waals surface area contributed by atoms with Gasteiger partial charge in [-0.2, -0.15) is 0 Å². The highest BCUT2D eigenvalue weighted by molar-refractivity contribution is 5.71. The Kier molecular flexibility index (Phi) is 19.5. The molecule has 0 atom stereocenters. The van der Waals surface area contributed by atoms with E-state index in [1.807, 2.05) is 12.3 Å². The van der Waals surface area contributed by atoms with Crippen molar-refractivity contribution in [1.29, 1.82) is 0 Å². The van der Waals surface area contributed by atoms with Crippen LogP contribution in [0.2, 0.25) is 0 Å². The minimum Gasteiger partial charge on any atom is -0.255 e. The van der Waals surface area contributed by atoms with Gasteiger partial charge in [0.15, 0.2) is 34.9 Å². The number of unbranched alkanes of at least 4 members (excludes halogenated alkanes) is 12. The molecular weight excluding hydrogens is 879 g/mol. The lowest BCUT2D eigenvalue weighted by Gasteiger charge is -2.11. The van der Waals surface area contributed by atoms with E-state index in [-0.39, 0.29) is 0 Å². The smallest absolute Gasteiger partial charge is 0.165 e. The normalized spacial score (nSPS) is 11.3. The Bertz CT molecular complexity index is 2510. The van der Waals surface area contributed by atoms with Gasteiger partial charge in [0.2, 0.25) is 0 Å². The molecule has 0 aliphatic rings. The number of hydrogen-bond acceptors (Lipinski definition) is 7. The Morgan fingerprint density at radius 3 is 0.722 bits per heavy atom. The van der Waals surface area contributed by atoms with Gasteiger partial charge in [0.25, 0.3) is 0 Å². The molecule has 0 aliphatic heterocycles. The average Bonchev–Trinajstić information content (AvgIpc) is 3.44. The van der Waals surface area contributed by atoms with Crippen LogP contribution in [-0.4, -0.2) is 34.9 Å². The van der Waals surface area contributed by atoms with Gasteiger partial charge < -0.3 is 0 Å². The molecule has 7 heteroatoms. The third-order valence-corrected chi connectivity index (χ3v) is 13.9. The Hall–Kier alpha value is -6.73. The minimum atomic E-state index is 0.598. The van der Waals surface area contributed by atoms with Gasteiger partial charge in [-0.1, -0.05) is 226 Å². The summed E-state index contributed by atoms with van der Waals surface area (Å²) in [5.41, 5.74) is 12.9. The van der Waals surface area contributed by atoms with Gasteiger partial charge in [0, 0.05) is 45.1 Å². The van der Waals surface area contributed by atoms with E-state index in [4.69, 9.17) is 34.9 Å². The maximum Gasteiger partial charge on any atom is 0.165 e. The van der Waals surface area contributed by atoms with E-state index in [0.717, 1.165) is 70.3 Å². The van der Waals surface area contributed by atoms with Gasteiger partial charge >= 0.3 is 0 Å². The number of nitrogens with zero attached hydrogens (tertiary/aromatic N) is 7. The molecule has 0 bridgehead atoms. The van der Waals surface area contributed by atoms with E-state index >= 15 is 0 Å². The number of hydrogen-bond donors (Lipinski definition) is 0. The quantitative estimate of drug-likeness (QED) is 0.0474. The highest BCUT2D eigenvalue weighted by atomic mass is 15.0. The number of pyridine rings is 1. The van der Waals surface area contributed by atoms with Crippen LogP contribution in [0.4, 0.5) is 0 Å². The molecule has 8 rings (SSSR count). The van der Waals surface area contributed by atoms with E-state index in [0.29, 0.717) is 34.9 Å². The van der Waals surface area contributed by atoms with Crippen molar-refractivity contribution in [1.82, 2.24) is 34.9 Å². The van der Waals surface area contributed by atoms with Crippen molar-refractivity contribution in [3.05, 3.63) is 162 Å².